The summed E-state index contributed by atoms with van der Waals surface area (Å²) >= 11 is 0. The van der Waals surface area contributed by atoms with Gasteiger partial charge in [-0.15, -0.1) is 12.4 Å². The molecule has 0 aliphatic carbocycles. The summed E-state index contributed by atoms with van der Waals surface area (Å²) < 4.78 is 5.45. The number of hydrogen-bond donors (Lipinski definition) is 1. The highest BCUT2D eigenvalue weighted by atomic mass is 35.5. The van der Waals surface area contributed by atoms with Crippen molar-refractivity contribution < 1.29 is 14.5 Å². The van der Waals surface area contributed by atoms with Crippen molar-refractivity contribution in [2.75, 3.05) is 26.7 Å². The fourth-order valence-corrected chi connectivity index (χ4v) is 3.28. The van der Waals surface area contributed by atoms with E-state index in [0.717, 1.165) is 11.3 Å². The van der Waals surface area contributed by atoms with Gasteiger partial charge in [0.15, 0.2) is 0 Å². The molecule has 1 amide bonds. The minimum Gasteiger partial charge on any atom is -0.496 e. The van der Waals surface area contributed by atoms with Gasteiger partial charge in [-0.3, -0.25) is 14.9 Å². The van der Waals surface area contributed by atoms with Gasteiger partial charge in [-0.1, -0.05) is 30.3 Å². The topological polar surface area (TPSA) is 84.7 Å². The Morgan fingerprint density at radius 3 is 2.81 bits per heavy atom. The van der Waals surface area contributed by atoms with Crippen LogP contribution in [0, 0.1) is 10.1 Å². The molecule has 0 aromatic heterocycles. The molecule has 1 heterocycles. The van der Waals surface area contributed by atoms with E-state index < -0.39 is 4.92 Å². The Labute approximate surface area is 163 Å². The maximum Gasteiger partial charge on any atom is 0.269 e. The Morgan fingerprint density at radius 2 is 2.07 bits per heavy atom. The van der Waals surface area contributed by atoms with Gasteiger partial charge < -0.3 is 15.0 Å². The number of benzene rings is 2. The highest BCUT2D eigenvalue weighted by Gasteiger charge is 2.29. The van der Waals surface area contributed by atoms with Gasteiger partial charge in [0.25, 0.3) is 5.69 Å². The molecule has 1 aliphatic rings. The van der Waals surface area contributed by atoms with Gasteiger partial charge in [-0.25, -0.2) is 0 Å². The normalized spacial score (nSPS) is 16.3. The number of nitro groups is 1. The first kappa shape index (κ1) is 20.7. The maximum absolute atomic E-state index is 12.9. The van der Waals surface area contributed by atoms with Crippen LogP contribution in [0.4, 0.5) is 5.69 Å². The Kier molecular flexibility index (Phi) is 7.15. The molecule has 0 spiro atoms. The van der Waals surface area contributed by atoms with E-state index in [9.17, 15) is 14.9 Å². The van der Waals surface area contributed by atoms with Gasteiger partial charge in [0.1, 0.15) is 5.75 Å². The van der Waals surface area contributed by atoms with Crippen LogP contribution in [-0.4, -0.2) is 42.5 Å². The van der Waals surface area contributed by atoms with Gasteiger partial charge in [-0.2, -0.15) is 0 Å². The third-order valence-electron chi connectivity index (χ3n) is 4.54. The molecule has 1 aliphatic heterocycles. The summed E-state index contributed by atoms with van der Waals surface area (Å²) in [6.07, 6.45) is 0.132. The highest BCUT2D eigenvalue weighted by Crippen LogP contribution is 2.30. The summed E-state index contributed by atoms with van der Waals surface area (Å²) in [4.78, 5) is 25.2. The zero-order valence-electron chi connectivity index (χ0n) is 15.0. The van der Waals surface area contributed by atoms with E-state index in [2.05, 4.69) is 5.32 Å². The van der Waals surface area contributed by atoms with E-state index in [1.54, 1.807) is 19.2 Å². The first-order chi connectivity index (χ1) is 12.6. The van der Waals surface area contributed by atoms with E-state index in [4.69, 9.17) is 4.74 Å². The summed E-state index contributed by atoms with van der Waals surface area (Å²) in [6.45, 7) is 1.93. The number of nitrogens with one attached hydrogen (secondary N) is 1. The lowest BCUT2D eigenvalue weighted by Crippen LogP contribution is -2.49. The van der Waals surface area contributed by atoms with E-state index in [-0.39, 0.29) is 36.5 Å². The average Bonchev–Trinajstić information content (AvgIpc) is 2.68. The van der Waals surface area contributed by atoms with Crippen molar-refractivity contribution in [3.63, 3.8) is 0 Å². The van der Waals surface area contributed by atoms with Crippen LogP contribution in [0.5, 0.6) is 5.75 Å². The molecular formula is C19H22ClN3O4. The van der Waals surface area contributed by atoms with Gasteiger partial charge in [0.2, 0.25) is 5.91 Å². The second-order valence-corrected chi connectivity index (χ2v) is 6.15. The fraction of sp³-hybridized carbons (Fsp3) is 0.316. The third-order valence-corrected chi connectivity index (χ3v) is 4.54. The molecule has 1 N–H and O–H groups in total. The number of non-ortho nitro benzene ring substituents is 1. The summed E-state index contributed by atoms with van der Waals surface area (Å²) in [5.41, 5.74) is 1.59. The van der Waals surface area contributed by atoms with Crippen LogP contribution in [0.2, 0.25) is 0 Å². The zero-order valence-corrected chi connectivity index (χ0v) is 15.8. The summed E-state index contributed by atoms with van der Waals surface area (Å²) in [7, 11) is 1.62. The van der Waals surface area contributed by atoms with Crippen molar-refractivity contribution in [3.05, 3.63) is 69.8 Å². The number of nitro benzene ring substituents is 1. The quantitative estimate of drug-likeness (QED) is 0.625. The first-order valence-corrected chi connectivity index (χ1v) is 8.46. The van der Waals surface area contributed by atoms with Crippen LogP contribution in [0.3, 0.4) is 0 Å². The lowest BCUT2D eigenvalue weighted by Gasteiger charge is -2.37. The summed E-state index contributed by atoms with van der Waals surface area (Å²) in [5.74, 6) is 0.692. The number of methoxy groups -OCH3 is 1. The number of amides is 1. The lowest BCUT2D eigenvalue weighted by molar-refractivity contribution is -0.384. The number of carbonyl (C=O) groups excluding carboxylic acids is 1. The van der Waals surface area contributed by atoms with Crippen LogP contribution < -0.4 is 10.1 Å². The molecule has 144 valence electrons. The molecule has 0 bridgehead atoms. The van der Waals surface area contributed by atoms with Gasteiger partial charge in [0.05, 0.1) is 24.5 Å². The fourth-order valence-electron chi connectivity index (χ4n) is 3.28. The largest absolute Gasteiger partial charge is 0.496 e. The number of carbonyl (C=O) groups is 1. The van der Waals surface area contributed by atoms with E-state index in [1.807, 2.05) is 29.2 Å². The number of rotatable bonds is 5. The van der Waals surface area contributed by atoms with Crippen molar-refractivity contribution >= 4 is 24.0 Å². The summed E-state index contributed by atoms with van der Waals surface area (Å²) in [5, 5.41) is 14.3. The first-order valence-electron chi connectivity index (χ1n) is 8.46. The van der Waals surface area contributed by atoms with Crippen LogP contribution in [0.25, 0.3) is 0 Å². The van der Waals surface area contributed by atoms with Gasteiger partial charge in [0, 0.05) is 37.3 Å². The van der Waals surface area contributed by atoms with Crippen molar-refractivity contribution in [2.45, 2.75) is 12.5 Å². The molecule has 1 fully saturated rings. The van der Waals surface area contributed by atoms with E-state index in [1.165, 1.54) is 12.1 Å². The number of nitrogens with zero attached hydrogens (tertiary/aromatic N) is 2. The van der Waals surface area contributed by atoms with Gasteiger partial charge >= 0.3 is 0 Å². The molecule has 0 radical (unpaired) electrons. The maximum atomic E-state index is 12.9. The summed E-state index contributed by atoms with van der Waals surface area (Å²) in [6, 6.07) is 13.8. The highest BCUT2D eigenvalue weighted by molar-refractivity contribution is 5.85. The van der Waals surface area contributed by atoms with Crippen LogP contribution in [0.15, 0.2) is 48.5 Å². The monoisotopic (exact) mass is 391 g/mol. The third kappa shape index (κ3) is 4.75. The second-order valence-electron chi connectivity index (χ2n) is 6.15. The minimum absolute atomic E-state index is 0. The van der Waals surface area contributed by atoms with Crippen LogP contribution in [0.1, 0.15) is 17.2 Å². The van der Waals surface area contributed by atoms with E-state index >= 15 is 0 Å². The zero-order chi connectivity index (χ0) is 18.5. The Hall–Kier alpha value is -2.64. The molecule has 0 saturated carbocycles. The Morgan fingerprint density at radius 1 is 1.30 bits per heavy atom. The van der Waals surface area contributed by atoms with Crippen LogP contribution >= 0.6 is 12.4 Å². The standard InChI is InChI=1S/C19H21N3O4.ClH/c1-26-18-8-3-2-7-16(18)17-13-20-9-10-21(17)19(23)12-14-5-4-6-15(11-14)22(24)25;/h2-8,11,17,20H,9-10,12-13H2,1H3;1H. The second kappa shape index (κ2) is 9.34. The molecule has 1 unspecified atom stereocenters. The van der Waals surface area contributed by atoms with Crippen molar-refractivity contribution in [2.24, 2.45) is 0 Å². The number of piperazine rings is 1. The number of halogens is 1. The number of ether oxygens (including phenoxy) is 1. The molecule has 1 saturated heterocycles. The minimum atomic E-state index is -0.448. The lowest BCUT2D eigenvalue weighted by atomic mass is 10.0. The molecular weight excluding hydrogens is 370 g/mol. The smallest absolute Gasteiger partial charge is 0.269 e. The van der Waals surface area contributed by atoms with Crippen molar-refractivity contribution in [1.82, 2.24) is 10.2 Å². The van der Waals surface area contributed by atoms with Gasteiger partial charge in [-0.05, 0) is 11.6 Å². The van der Waals surface area contributed by atoms with Crippen molar-refractivity contribution in [3.8, 4) is 5.75 Å². The van der Waals surface area contributed by atoms with Crippen LogP contribution in [-0.2, 0) is 11.2 Å². The predicted octanol–water partition coefficient (Wildman–Crippen LogP) is 2.74. The molecule has 8 heteroatoms. The van der Waals surface area contributed by atoms with E-state index in [0.29, 0.717) is 25.2 Å². The van der Waals surface area contributed by atoms with Crippen molar-refractivity contribution in [1.29, 1.82) is 0 Å². The Bertz CT molecular complexity index is 815. The average molecular weight is 392 g/mol. The Balaban J connectivity index is 0.00000261. The molecule has 3 rings (SSSR count). The number of para-hydroxylation sites is 1. The number of hydrogen-bond acceptors (Lipinski definition) is 5. The predicted molar refractivity (Wildman–Crippen MR) is 104 cm³/mol. The molecule has 2 aromatic carbocycles. The molecule has 1 atom stereocenters. The molecule has 2 aromatic rings. The molecule has 7 nitrogen and oxygen atoms in total. The SMILES string of the molecule is COc1ccccc1C1CNCCN1C(=O)Cc1cccc([N+](=O)[O-])c1.Cl. The molecule has 27 heavy (non-hydrogen) atoms.